The minimum atomic E-state index is 0.281. The zero-order chi connectivity index (χ0) is 11.1. The van der Waals surface area contributed by atoms with E-state index in [2.05, 4.69) is 49.5 Å². The van der Waals surface area contributed by atoms with E-state index in [1.165, 1.54) is 5.56 Å². The van der Waals surface area contributed by atoms with Gasteiger partial charge in [0, 0.05) is 19.7 Å². The minimum absolute atomic E-state index is 0.281. The Balaban J connectivity index is 2.27. The molecule has 15 heavy (non-hydrogen) atoms. The number of rotatable bonds is 6. The van der Waals surface area contributed by atoms with Crippen LogP contribution in [-0.4, -0.2) is 25.8 Å². The summed E-state index contributed by atoms with van der Waals surface area (Å²) in [6.45, 7) is 5.18. The summed E-state index contributed by atoms with van der Waals surface area (Å²) < 4.78 is 5.19. The Bertz CT molecular complexity index is 260. The van der Waals surface area contributed by atoms with E-state index in [-0.39, 0.29) is 6.10 Å². The quantitative estimate of drug-likeness (QED) is 0.772. The predicted octanol–water partition coefficient (Wildman–Crippen LogP) is 2.24. The highest BCUT2D eigenvalue weighted by atomic mass is 16.5. The molecule has 0 aromatic heterocycles. The summed E-state index contributed by atoms with van der Waals surface area (Å²) in [6, 6.07) is 11.0. The molecule has 0 heterocycles. The van der Waals surface area contributed by atoms with Crippen molar-refractivity contribution in [2.75, 3.05) is 13.7 Å². The molecule has 0 aliphatic heterocycles. The van der Waals surface area contributed by atoms with Crippen molar-refractivity contribution < 1.29 is 4.74 Å². The fraction of sp³-hybridized carbons (Fsp3) is 0.538. The van der Waals surface area contributed by atoms with Crippen molar-refractivity contribution >= 4 is 0 Å². The third-order valence-corrected chi connectivity index (χ3v) is 2.54. The van der Waals surface area contributed by atoms with Gasteiger partial charge in [-0.1, -0.05) is 30.3 Å². The third kappa shape index (κ3) is 4.96. The number of hydrogen-bond acceptors (Lipinski definition) is 2. The van der Waals surface area contributed by atoms with Crippen LogP contribution in [0.15, 0.2) is 30.3 Å². The highest BCUT2D eigenvalue weighted by molar-refractivity contribution is 5.15. The Morgan fingerprint density at radius 3 is 2.47 bits per heavy atom. The van der Waals surface area contributed by atoms with Crippen LogP contribution in [-0.2, 0) is 11.2 Å². The second-order valence-corrected chi connectivity index (χ2v) is 4.05. The lowest BCUT2D eigenvalue weighted by atomic mass is 10.1. The van der Waals surface area contributed by atoms with Crippen molar-refractivity contribution in [1.29, 1.82) is 0 Å². The van der Waals surface area contributed by atoms with E-state index in [1.807, 2.05) is 0 Å². The van der Waals surface area contributed by atoms with Crippen LogP contribution >= 0.6 is 0 Å². The SMILES string of the molecule is COC(C)CNC(C)Cc1ccccc1. The summed E-state index contributed by atoms with van der Waals surface area (Å²) in [6.07, 6.45) is 1.35. The van der Waals surface area contributed by atoms with Gasteiger partial charge in [-0.05, 0) is 25.8 Å². The van der Waals surface area contributed by atoms with Crippen LogP contribution in [0.25, 0.3) is 0 Å². The molecule has 0 saturated carbocycles. The molecule has 2 nitrogen and oxygen atoms in total. The Labute approximate surface area is 92.6 Å². The summed E-state index contributed by atoms with van der Waals surface area (Å²) in [5, 5.41) is 3.46. The molecule has 2 atom stereocenters. The summed E-state index contributed by atoms with van der Waals surface area (Å²) in [5.41, 5.74) is 1.38. The maximum absolute atomic E-state index is 5.19. The van der Waals surface area contributed by atoms with Crippen molar-refractivity contribution in [3.05, 3.63) is 35.9 Å². The number of hydrogen-bond donors (Lipinski definition) is 1. The van der Waals surface area contributed by atoms with Gasteiger partial charge in [0.15, 0.2) is 0 Å². The average Bonchev–Trinajstić information content (AvgIpc) is 2.27. The van der Waals surface area contributed by atoms with Crippen LogP contribution < -0.4 is 5.32 Å². The molecule has 0 saturated heterocycles. The first-order valence-electron chi connectivity index (χ1n) is 5.52. The van der Waals surface area contributed by atoms with Gasteiger partial charge >= 0.3 is 0 Å². The molecule has 0 fully saturated rings. The van der Waals surface area contributed by atoms with Gasteiger partial charge in [-0.15, -0.1) is 0 Å². The maximum Gasteiger partial charge on any atom is 0.0667 e. The van der Waals surface area contributed by atoms with Crippen LogP contribution in [0.4, 0.5) is 0 Å². The zero-order valence-corrected chi connectivity index (χ0v) is 9.86. The Hall–Kier alpha value is -0.860. The second-order valence-electron chi connectivity index (χ2n) is 4.05. The lowest BCUT2D eigenvalue weighted by Crippen LogP contribution is -2.34. The molecule has 84 valence electrons. The van der Waals surface area contributed by atoms with Gasteiger partial charge < -0.3 is 10.1 Å². The topological polar surface area (TPSA) is 21.3 Å². The third-order valence-electron chi connectivity index (χ3n) is 2.54. The van der Waals surface area contributed by atoms with Crippen LogP contribution in [0.2, 0.25) is 0 Å². The molecule has 0 bridgehead atoms. The molecule has 1 rings (SSSR count). The molecule has 0 radical (unpaired) electrons. The first-order valence-corrected chi connectivity index (χ1v) is 5.52. The summed E-state index contributed by atoms with van der Waals surface area (Å²) >= 11 is 0. The van der Waals surface area contributed by atoms with Gasteiger partial charge in [0.2, 0.25) is 0 Å². The van der Waals surface area contributed by atoms with Crippen molar-refractivity contribution in [2.45, 2.75) is 32.4 Å². The molecule has 2 heteroatoms. The average molecular weight is 207 g/mol. The van der Waals surface area contributed by atoms with Crippen LogP contribution in [0, 0.1) is 0 Å². The molecule has 1 N–H and O–H groups in total. The molecule has 0 aliphatic carbocycles. The number of nitrogens with one attached hydrogen (secondary N) is 1. The molecule has 0 spiro atoms. The Morgan fingerprint density at radius 1 is 1.20 bits per heavy atom. The summed E-state index contributed by atoms with van der Waals surface area (Å²) in [5.74, 6) is 0. The highest BCUT2D eigenvalue weighted by Gasteiger charge is 2.04. The normalized spacial score (nSPS) is 14.9. The van der Waals surface area contributed by atoms with E-state index in [9.17, 15) is 0 Å². The smallest absolute Gasteiger partial charge is 0.0667 e. The van der Waals surface area contributed by atoms with E-state index >= 15 is 0 Å². The van der Waals surface area contributed by atoms with Gasteiger partial charge in [0.1, 0.15) is 0 Å². The van der Waals surface area contributed by atoms with Gasteiger partial charge in [0.25, 0.3) is 0 Å². The molecule has 0 amide bonds. The molecule has 0 aliphatic rings. The minimum Gasteiger partial charge on any atom is -0.380 e. The zero-order valence-electron chi connectivity index (χ0n) is 9.86. The van der Waals surface area contributed by atoms with Crippen molar-refractivity contribution in [2.24, 2.45) is 0 Å². The molecule has 1 aromatic rings. The van der Waals surface area contributed by atoms with Gasteiger partial charge in [-0.25, -0.2) is 0 Å². The lowest BCUT2D eigenvalue weighted by Gasteiger charge is -2.16. The van der Waals surface area contributed by atoms with Gasteiger partial charge in [0.05, 0.1) is 6.10 Å². The van der Waals surface area contributed by atoms with Crippen LogP contribution in [0.1, 0.15) is 19.4 Å². The van der Waals surface area contributed by atoms with E-state index in [0.29, 0.717) is 6.04 Å². The fourth-order valence-electron chi connectivity index (χ4n) is 1.49. The number of ether oxygens (including phenoxy) is 1. The second kappa shape index (κ2) is 6.59. The van der Waals surface area contributed by atoms with Crippen molar-refractivity contribution in [1.82, 2.24) is 5.32 Å². The van der Waals surface area contributed by atoms with E-state index in [1.54, 1.807) is 7.11 Å². The van der Waals surface area contributed by atoms with Crippen molar-refractivity contribution in [3.63, 3.8) is 0 Å². The first kappa shape index (κ1) is 12.2. The maximum atomic E-state index is 5.19. The van der Waals surface area contributed by atoms with E-state index in [4.69, 9.17) is 4.74 Å². The molecule has 2 unspecified atom stereocenters. The van der Waals surface area contributed by atoms with Crippen LogP contribution in [0.3, 0.4) is 0 Å². The first-order chi connectivity index (χ1) is 7.22. The Morgan fingerprint density at radius 2 is 1.87 bits per heavy atom. The lowest BCUT2D eigenvalue weighted by molar-refractivity contribution is 0.115. The molecular weight excluding hydrogens is 186 g/mol. The fourth-order valence-corrected chi connectivity index (χ4v) is 1.49. The monoisotopic (exact) mass is 207 g/mol. The summed E-state index contributed by atoms with van der Waals surface area (Å²) in [7, 11) is 1.74. The predicted molar refractivity (Wildman–Crippen MR) is 64.1 cm³/mol. The van der Waals surface area contributed by atoms with Crippen molar-refractivity contribution in [3.8, 4) is 0 Å². The van der Waals surface area contributed by atoms with Gasteiger partial charge in [-0.3, -0.25) is 0 Å². The van der Waals surface area contributed by atoms with E-state index < -0.39 is 0 Å². The van der Waals surface area contributed by atoms with E-state index in [0.717, 1.165) is 13.0 Å². The molecular formula is C13H21NO. The molecule has 1 aromatic carbocycles. The largest absolute Gasteiger partial charge is 0.380 e. The number of methoxy groups -OCH3 is 1. The standard InChI is InChI=1S/C13H21NO/c1-11(14-10-12(2)15-3)9-13-7-5-4-6-8-13/h4-8,11-12,14H,9-10H2,1-3H3. The van der Waals surface area contributed by atoms with Gasteiger partial charge in [-0.2, -0.15) is 0 Å². The number of benzene rings is 1. The highest BCUT2D eigenvalue weighted by Crippen LogP contribution is 2.02. The summed E-state index contributed by atoms with van der Waals surface area (Å²) in [4.78, 5) is 0. The Kier molecular flexibility index (Phi) is 5.37. The van der Waals surface area contributed by atoms with Crippen LogP contribution in [0.5, 0.6) is 0 Å².